The normalized spacial score (nSPS) is 19.1. The number of ether oxygens (including phenoxy) is 2. The molecule has 13 heteroatoms. The number of carbonyl (C=O) groups excluding carboxylic acids is 1. The number of anilines is 2. The van der Waals surface area contributed by atoms with Crippen LogP contribution in [-0.4, -0.2) is 59.5 Å². The van der Waals surface area contributed by atoms with Gasteiger partial charge in [-0.05, 0) is 67.0 Å². The van der Waals surface area contributed by atoms with Crippen molar-refractivity contribution in [2.45, 2.75) is 44.5 Å². The Hall–Kier alpha value is -3.77. The van der Waals surface area contributed by atoms with Crippen molar-refractivity contribution in [2.24, 2.45) is 5.41 Å². The molecule has 0 bridgehead atoms. The van der Waals surface area contributed by atoms with Gasteiger partial charge in [0, 0.05) is 36.3 Å². The second kappa shape index (κ2) is 11.8. The number of carbonyl (C=O) groups is 1. The zero-order valence-corrected chi connectivity index (χ0v) is 23.6. The van der Waals surface area contributed by atoms with Crippen LogP contribution in [0, 0.1) is 5.41 Å². The lowest BCUT2D eigenvalue weighted by molar-refractivity contribution is -0.198. The number of halogens is 4. The summed E-state index contributed by atoms with van der Waals surface area (Å²) in [6.45, 7) is 3.90. The molecule has 2 aliphatic heterocycles. The van der Waals surface area contributed by atoms with Crippen LogP contribution in [0.3, 0.4) is 0 Å². The van der Waals surface area contributed by atoms with Crippen LogP contribution in [0.1, 0.15) is 37.9 Å². The molecule has 1 spiro atoms. The minimum atomic E-state index is -4.83. The number of nitrogens with one attached hydrogen (secondary N) is 1. The van der Waals surface area contributed by atoms with E-state index in [1.807, 2.05) is 4.90 Å². The quantitative estimate of drug-likeness (QED) is 0.309. The summed E-state index contributed by atoms with van der Waals surface area (Å²) >= 11 is 6.14. The van der Waals surface area contributed by atoms with Crippen molar-refractivity contribution in [1.82, 2.24) is 15.3 Å². The molecule has 3 aromatic rings. The van der Waals surface area contributed by atoms with Gasteiger partial charge in [0.15, 0.2) is 0 Å². The molecule has 2 atom stereocenters. The Labute approximate surface area is 245 Å². The fourth-order valence-corrected chi connectivity index (χ4v) is 5.85. The molecule has 224 valence electrons. The average Bonchev–Trinajstić information content (AvgIpc) is 3.35. The highest BCUT2D eigenvalue weighted by molar-refractivity contribution is 6.30. The fourth-order valence-electron chi connectivity index (χ4n) is 5.68. The minimum absolute atomic E-state index is 0.0793. The number of aromatic hydroxyl groups is 1. The molecule has 1 aromatic heterocycles. The third-order valence-electron chi connectivity index (χ3n) is 7.78. The Balaban J connectivity index is 1.37. The molecule has 2 saturated heterocycles. The van der Waals surface area contributed by atoms with E-state index < -0.39 is 12.3 Å². The van der Waals surface area contributed by atoms with Gasteiger partial charge in [-0.15, -0.1) is 0 Å². The maximum absolute atomic E-state index is 14.5. The van der Waals surface area contributed by atoms with Gasteiger partial charge in [0.05, 0.1) is 6.61 Å². The molecule has 0 amide bonds. The van der Waals surface area contributed by atoms with Crippen LogP contribution in [0.25, 0.3) is 11.1 Å². The van der Waals surface area contributed by atoms with Crippen LogP contribution in [0.4, 0.5) is 24.9 Å². The number of aromatic nitrogens is 2. The van der Waals surface area contributed by atoms with E-state index in [2.05, 4.69) is 15.3 Å². The predicted octanol–water partition coefficient (Wildman–Crippen LogP) is 5.28. The molecule has 2 aromatic carbocycles. The van der Waals surface area contributed by atoms with E-state index in [1.165, 1.54) is 42.5 Å². The summed E-state index contributed by atoms with van der Waals surface area (Å²) in [6.07, 6.45) is -5.08. The number of nitrogens with zero attached hydrogens (tertiary/aromatic N) is 3. The molecular formula is C29H31ClF3N5O4. The van der Waals surface area contributed by atoms with Crippen LogP contribution in [0.2, 0.25) is 5.02 Å². The second-order valence-corrected chi connectivity index (χ2v) is 11.1. The molecule has 4 N–H and O–H groups in total. The average molecular weight is 606 g/mol. The number of alkyl halides is 3. The Morgan fingerprint density at radius 2 is 1.98 bits per heavy atom. The first kappa shape index (κ1) is 29.7. The second-order valence-electron chi connectivity index (χ2n) is 10.6. The van der Waals surface area contributed by atoms with E-state index in [0.717, 1.165) is 12.8 Å². The zero-order chi connectivity index (χ0) is 30.1. The van der Waals surface area contributed by atoms with Gasteiger partial charge in [-0.1, -0.05) is 29.8 Å². The molecule has 5 rings (SSSR count). The van der Waals surface area contributed by atoms with E-state index in [-0.39, 0.29) is 51.2 Å². The molecule has 42 heavy (non-hydrogen) atoms. The van der Waals surface area contributed by atoms with Crippen molar-refractivity contribution in [3.63, 3.8) is 0 Å². The van der Waals surface area contributed by atoms with Gasteiger partial charge < -0.3 is 30.5 Å². The highest BCUT2D eigenvalue weighted by Crippen LogP contribution is 2.44. The summed E-state index contributed by atoms with van der Waals surface area (Å²) in [4.78, 5) is 22.3. The summed E-state index contributed by atoms with van der Waals surface area (Å²) in [5.74, 6) is -0.566. The lowest BCUT2D eigenvalue weighted by atomic mass is 9.76. The van der Waals surface area contributed by atoms with Gasteiger partial charge in [0.2, 0.25) is 17.9 Å². The number of rotatable bonds is 7. The summed E-state index contributed by atoms with van der Waals surface area (Å²) in [5.41, 5.74) is 6.12. The van der Waals surface area contributed by atoms with Crippen molar-refractivity contribution in [2.75, 3.05) is 36.9 Å². The van der Waals surface area contributed by atoms with Crippen LogP contribution in [0.15, 0.2) is 48.5 Å². The number of hydrogen-bond donors (Lipinski definition) is 3. The number of benzene rings is 2. The van der Waals surface area contributed by atoms with Crippen LogP contribution in [-0.2, 0) is 9.53 Å². The molecule has 1 unspecified atom stereocenters. The molecule has 9 nitrogen and oxygen atoms in total. The number of phenolic OH excluding ortho intramolecular Hbond substituents is 1. The van der Waals surface area contributed by atoms with E-state index in [1.54, 1.807) is 13.0 Å². The predicted molar refractivity (Wildman–Crippen MR) is 151 cm³/mol. The van der Waals surface area contributed by atoms with Gasteiger partial charge in [-0.25, -0.2) is 0 Å². The maximum atomic E-state index is 14.5. The number of nitrogen functional groups attached to an aromatic ring is 1. The van der Waals surface area contributed by atoms with Crippen molar-refractivity contribution >= 4 is 29.3 Å². The Morgan fingerprint density at radius 3 is 2.67 bits per heavy atom. The zero-order valence-electron chi connectivity index (χ0n) is 22.8. The molecule has 0 saturated carbocycles. The number of piperidine rings is 1. The van der Waals surface area contributed by atoms with Crippen LogP contribution < -0.4 is 20.7 Å². The topological polar surface area (TPSA) is 123 Å². The minimum Gasteiger partial charge on any atom is -0.508 e. The first-order valence-corrected chi connectivity index (χ1v) is 14.0. The molecule has 2 aliphatic rings. The first-order chi connectivity index (χ1) is 20.0. The van der Waals surface area contributed by atoms with E-state index in [4.69, 9.17) is 26.8 Å². The maximum Gasteiger partial charge on any atom is 0.429 e. The fraction of sp³-hybridized carbons (Fsp3) is 0.414. The Bertz CT molecular complexity index is 1450. The van der Waals surface area contributed by atoms with Crippen molar-refractivity contribution in [3.05, 3.63) is 59.1 Å². The summed E-state index contributed by atoms with van der Waals surface area (Å²) in [5, 5.41) is 13.4. The first-order valence-electron chi connectivity index (χ1n) is 13.6. The SMILES string of the molecule is CCOC(=O)C1CC2(CCN(c3cc(O[C@H](c4ccc(Cl)cc4-c4cccc(O)c4)C(F)(F)F)nc(N)n3)CC2)CN1. The smallest absolute Gasteiger partial charge is 0.429 e. The molecular weight excluding hydrogens is 575 g/mol. The van der Waals surface area contributed by atoms with Gasteiger partial charge in [0.1, 0.15) is 17.6 Å². The number of phenols is 1. The lowest BCUT2D eigenvalue weighted by Crippen LogP contribution is -2.41. The van der Waals surface area contributed by atoms with Crippen molar-refractivity contribution in [1.29, 1.82) is 0 Å². The highest BCUT2D eigenvalue weighted by atomic mass is 35.5. The number of esters is 1. The monoisotopic (exact) mass is 605 g/mol. The standard InChI is InChI=1S/C29H31ClF3N5O4/c1-2-41-26(40)22-15-28(16-35-22)8-10-38(11-9-28)23-14-24(37-27(34)36-23)42-25(29(31,32)33)20-7-6-18(30)13-21(20)17-4-3-5-19(39)12-17/h3-7,12-14,22,25,35,39H,2,8-11,15-16H2,1H3,(H2,34,36,37)/t22?,25-/m1/s1. The van der Waals surface area contributed by atoms with E-state index in [9.17, 15) is 23.1 Å². The number of hydrogen-bond acceptors (Lipinski definition) is 9. The third-order valence-corrected chi connectivity index (χ3v) is 8.01. The van der Waals surface area contributed by atoms with Crippen molar-refractivity contribution in [3.8, 4) is 22.8 Å². The molecule has 0 aliphatic carbocycles. The summed E-state index contributed by atoms with van der Waals surface area (Å²) < 4.78 is 54.2. The van der Waals surface area contributed by atoms with Gasteiger partial charge in [-0.2, -0.15) is 23.1 Å². The van der Waals surface area contributed by atoms with Crippen LogP contribution in [0.5, 0.6) is 11.6 Å². The van der Waals surface area contributed by atoms with Gasteiger partial charge in [0.25, 0.3) is 0 Å². The number of nitrogens with two attached hydrogens (primary N) is 1. The Morgan fingerprint density at radius 1 is 1.21 bits per heavy atom. The van der Waals surface area contributed by atoms with E-state index >= 15 is 0 Å². The third kappa shape index (κ3) is 6.49. The van der Waals surface area contributed by atoms with Gasteiger partial charge >= 0.3 is 12.1 Å². The highest BCUT2D eigenvalue weighted by Gasteiger charge is 2.46. The summed E-state index contributed by atoms with van der Waals surface area (Å²) in [7, 11) is 0. The van der Waals surface area contributed by atoms with Crippen LogP contribution >= 0.6 is 11.6 Å². The van der Waals surface area contributed by atoms with E-state index in [0.29, 0.717) is 44.0 Å². The largest absolute Gasteiger partial charge is 0.508 e. The molecule has 0 radical (unpaired) electrons. The Kier molecular flexibility index (Phi) is 8.38. The molecule has 2 fully saturated rings. The summed E-state index contributed by atoms with van der Waals surface area (Å²) in [6, 6.07) is 10.9. The van der Waals surface area contributed by atoms with Gasteiger partial charge in [-0.3, -0.25) is 4.79 Å². The van der Waals surface area contributed by atoms with Crippen molar-refractivity contribution < 1.29 is 32.5 Å². The lowest BCUT2D eigenvalue weighted by Gasteiger charge is -2.39. The molecule has 3 heterocycles.